The highest BCUT2D eigenvalue weighted by Crippen LogP contribution is 2.22. The van der Waals surface area contributed by atoms with E-state index in [9.17, 15) is 4.39 Å². The molecule has 1 saturated heterocycles. The Morgan fingerprint density at radius 1 is 1.12 bits per heavy atom. The third-order valence-electron chi connectivity index (χ3n) is 4.43. The van der Waals surface area contributed by atoms with Gasteiger partial charge in [-0.15, -0.1) is 0 Å². The van der Waals surface area contributed by atoms with E-state index in [2.05, 4.69) is 25.1 Å². The van der Waals surface area contributed by atoms with Crippen LogP contribution in [0.3, 0.4) is 0 Å². The molecule has 0 saturated carbocycles. The van der Waals surface area contributed by atoms with Crippen LogP contribution in [0.1, 0.15) is 12.1 Å². The van der Waals surface area contributed by atoms with Crippen molar-refractivity contribution < 1.29 is 9.13 Å². The van der Waals surface area contributed by atoms with Crippen molar-refractivity contribution in [3.63, 3.8) is 0 Å². The molecule has 1 fully saturated rings. The lowest BCUT2D eigenvalue weighted by Crippen LogP contribution is -2.47. The largest absolute Gasteiger partial charge is 0.385 e. The van der Waals surface area contributed by atoms with E-state index < -0.39 is 0 Å². The van der Waals surface area contributed by atoms with Crippen LogP contribution in [0.4, 0.5) is 21.8 Å². The van der Waals surface area contributed by atoms with Crippen molar-refractivity contribution in [3.8, 4) is 0 Å². The Morgan fingerprint density at radius 3 is 2.58 bits per heavy atom. The second-order valence-electron chi connectivity index (χ2n) is 6.39. The standard InChI is InChI=1S/C19H26FN5O/c1-15-14-18(21-8-5-13-26-2)23-19(22-15)25-11-9-24(10-12-25)17-7-4-3-6-16(17)20/h3-4,6-7,14H,5,8-13H2,1-2H3,(H,21,22,23). The Bertz CT molecular complexity index is 719. The Balaban J connectivity index is 1.62. The number of nitrogens with one attached hydrogen (secondary N) is 1. The first-order chi connectivity index (χ1) is 12.7. The minimum atomic E-state index is -0.171. The van der Waals surface area contributed by atoms with Gasteiger partial charge in [-0.1, -0.05) is 12.1 Å². The molecule has 6 nitrogen and oxygen atoms in total. The third-order valence-corrected chi connectivity index (χ3v) is 4.43. The lowest BCUT2D eigenvalue weighted by molar-refractivity contribution is 0.198. The number of para-hydroxylation sites is 1. The third kappa shape index (κ3) is 4.60. The van der Waals surface area contributed by atoms with E-state index in [0.717, 1.165) is 63.2 Å². The van der Waals surface area contributed by atoms with Gasteiger partial charge in [0.05, 0.1) is 5.69 Å². The molecule has 26 heavy (non-hydrogen) atoms. The first-order valence-corrected chi connectivity index (χ1v) is 9.00. The SMILES string of the molecule is COCCCNc1cc(C)nc(N2CCN(c3ccccc3F)CC2)n1. The van der Waals surface area contributed by atoms with Crippen molar-refractivity contribution in [3.05, 3.63) is 41.8 Å². The molecule has 0 amide bonds. The summed E-state index contributed by atoms with van der Waals surface area (Å²) in [6.45, 7) is 6.53. The summed E-state index contributed by atoms with van der Waals surface area (Å²) in [6.07, 6.45) is 0.927. The van der Waals surface area contributed by atoms with Gasteiger partial charge in [-0.2, -0.15) is 4.98 Å². The fourth-order valence-corrected chi connectivity index (χ4v) is 3.07. The second kappa shape index (κ2) is 8.80. The molecule has 1 aromatic heterocycles. The monoisotopic (exact) mass is 359 g/mol. The molecule has 0 unspecified atom stereocenters. The van der Waals surface area contributed by atoms with Crippen LogP contribution in [0.25, 0.3) is 0 Å². The summed E-state index contributed by atoms with van der Waals surface area (Å²) >= 11 is 0. The summed E-state index contributed by atoms with van der Waals surface area (Å²) in [6, 6.07) is 8.88. The topological polar surface area (TPSA) is 53.5 Å². The van der Waals surface area contributed by atoms with E-state index in [1.54, 1.807) is 13.2 Å². The van der Waals surface area contributed by atoms with Gasteiger partial charge in [0.25, 0.3) is 0 Å². The molecule has 7 heteroatoms. The minimum Gasteiger partial charge on any atom is -0.385 e. The number of rotatable bonds is 7. The number of hydrogen-bond donors (Lipinski definition) is 1. The molecule has 1 N–H and O–H groups in total. The number of hydrogen-bond acceptors (Lipinski definition) is 6. The molecular weight excluding hydrogens is 333 g/mol. The average Bonchev–Trinajstić information content (AvgIpc) is 2.65. The van der Waals surface area contributed by atoms with E-state index in [0.29, 0.717) is 5.69 Å². The molecular formula is C19H26FN5O. The van der Waals surface area contributed by atoms with Crippen LogP contribution in [0.15, 0.2) is 30.3 Å². The van der Waals surface area contributed by atoms with Crippen LogP contribution in [0, 0.1) is 12.7 Å². The maximum atomic E-state index is 14.0. The molecule has 0 bridgehead atoms. The zero-order valence-corrected chi connectivity index (χ0v) is 15.4. The smallest absolute Gasteiger partial charge is 0.227 e. The van der Waals surface area contributed by atoms with Gasteiger partial charge in [-0.25, -0.2) is 9.37 Å². The van der Waals surface area contributed by atoms with Crippen molar-refractivity contribution in [2.45, 2.75) is 13.3 Å². The van der Waals surface area contributed by atoms with E-state index in [-0.39, 0.29) is 5.82 Å². The Hall–Kier alpha value is -2.41. The highest BCUT2D eigenvalue weighted by molar-refractivity contribution is 5.50. The summed E-state index contributed by atoms with van der Waals surface area (Å²) in [5.74, 6) is 1.39. The van der Waals surface area contributed by atoms with Gasteiger partial charge in [0.15, 0.2) is 0 Å². The summed E-state index contributed by atoms with van der Waals surface area (Å²) in [4.78, 5) is 13.4. The zero-order valence-electron chi connectivity index (χ0n) is 15.4. The lowest BCUT2D eigenvalue weighted by Gasteiger charge is -2.36. The summed E-state index contributed by atoms with van der Waals surface area (Å²) in [5.41, 5.74) is 1.60. The summed E-state index contributed by atoms with van der Waals surface area (Å²) < 4.78 is 19.0. The number of methoxy groups -OCH3 is 1. The molecule has 0 atom stereocenters. The van der Waals surface area contributed by atoms with Crippen LogP contribution in [0.2, 0.25) is 0 Å². The molecule has 1 aromatic carbocycles. The average molecular weight is 359 g/mol. The van der Waals surface area contributed by atoms with Gasteiger partial charge in [0, 0.05) is 58.2 Å². The van der Waals surface area contributed by atoms with E-state index in [4.69, 9.17) is 4.74 Å². The number of benzene rings is 1. The van der Waals surface area contributed by atoms with Crippen molar-refractivity contribution in [1.82, 2.24) is 9.97 Å². The molecule has 0 radical (unpaired) electrons. The molecule has 0 aliphatic carbocycles. The predicted octanol–water partition coefficient (Wildman–Crippen LogP) is 2.70. The number of halogens is 1. The molecule has 1 aliphatic heterocycles. The van der Waals surface area contributed by atoms with Gasteiger partial charge in [-0.05, 0) is 25.5 Å². The van der Waals surface area contributed by atoms with Crippen LogP contribution in [-0.2, 0) is 4.74 Å². The fourth-order valence-electron chi connectivity index (χ4n) is 3.07. The van der Waals surface area contributed by atoms with Gasteiger partial charge < -0.3 is 19.9 Å². The van der Waals surface area contributed by atoms with Gasteiger partial charge >= 0.3 is 0 Å². The fraction of sp³-hybridized carbons (Fsp3) is 0.474. The van der Waals surface area contributed by atoms with Crippen LogP contribution in [-0.4, -0.2) is 56.4 Å². The van der Waals surface area contributed by atoms with Crippen LogP contribution in [0.5, 0.6) is 0 Å². The number of piperazine rings is 1. The normalized spacial score (nSPS) is 14.6. The Kier molecular flexibility index (Phi) is 6.22. The summed E-state index contributed by atoms with van der Waals surface area (Å²) in [5, 5.41) is 3.32. The van der Waals surface area contributed by atoms with Crippen LogP contribution < -0.4 is 15.1 Å². The maximum Gasteiger partial charge on any atom is 0.227 e. The van der Waals surface area contributed by atoms with Gasteiger partial charge in [-0.3, -0.25) is 0 Å². The first-order valence-electron chi connectivity index (χ1n) is 9.00. The summed E-state index contributed by atoms with van der Waals surface area (Å²) in [7, 11) is 1.70. The first kappa shape index (κ1) is 18.4. The molecule has 2 heterocycles. The molecule has 3 rings (SSSR count). The van der Waals surface area contributed by atoms with Crippen molar-refractivity contribution in [1.29, 1.82) is 0 Å². The van der Waals surface area contributed by atoms with Crippen LogP contribution >= 0.6 is 0 Å². The van der Waals surface area contributed by atoms with Gasteiger partial charge in [0.1, 0.15) is 11.6 Å². The lowest BCUT2D eigenvalue weighted by atomic mass is 10.2. The second-order valence-corrected chi connectivity index (χ2v) is 6.39. The Morgan fingerprint density at radius 2 is 1.85 bits per heavy atom. The van der Waals surface area contributed by atoms with E-state index in [1.807, 2.05) is 25.1 Å². The predicted molar refractivity (Wildman–Crippen MR) is 103 cm³/mol. The highest BCUT2D eigenvalue weighted by Gasteiger charge is 2.21. The van der Waals surface area contributed by atoms with Crippen molar-refractivity contribution in [2.24, 2.45) is 0 Å². The minimum absolute atomic E-state index is 0.171. The number of aryl methyl sites for hydroxylation is 1. The van der Waals surface area contributed by atoms with Gasteiger partial charge in [0.2, 0.25) is 5.95 Å². The quantitative estimate of drug-likeness (QED) is 0.767. The maximum absolute atomic E-state index is 14.0. The Labute approximate surface area is 154 Å². The molecule has 0 spiro atoms. The van der Waals surface area contributed by atoms with E-state index in [1.165, 1.54) is 6.07 Å². The van der Waals surface area contributed by atoms with Crippen molar-refractivity contribution >= 4 is 17.5 Å². The number of anilines is 3. The molecule has 140 valence electrons. The highest BCUT2D eigenvalue weighted by atomic mass is 19.1. The molecule has 1 aliphatic rings. The zero-order chi connectivity index (χ0) is 18.4. The number of nitrogens with zero attached hydrogens (tertiary/aromatic N) is 4. The molecule has 2 aromatic rings. The number of ether oxygens (including phenoxy) is 1. The van der Waals surface area contributed by atoms with E-state index >= 15 is 0 Å². The number of aromatic nitrogens is 2. The van der Waals surface area contributed by atoms with Crippen molar-refractivity contribution in [2.75, 3.05) is 61.6 Å².